The number of ether oxygens (including phenoxy) is 2. The van der Waals surface area contributed by atoms with E-state index in [1.54, 1.807) is 47.4 Å². The lowest BCUT2D eigenvalue weighted by Gasteiger charge is -2.34. The molecule has 0 radical (unpaired) electrons. The SMILES string of the molecule is CC(C)C[C@H](NC(=O)COc1ccc(Cl)cc1Cl)C(=O)N[C@@H](Cc1ccc(OC(=O)N2CCN(C(=O)c3ccccc3)CC2)cc1)C(=O)O. The molecule has 49 heavy (non-hydrogen) atoms. The van der Waals surface area contributed by atoms with Crippen LogP contribution in [0.25, 0.3) is 0 Å². The minimum atomic E-state index is -1.30. The van der Waals surface area contributed by atoms with Crippen molar-refractivity contribution in [1.29, 1.82) is 0 Å². The molecule has 1 saturated heterocycles. The first kappa shape index (κ1) is 37.0. The Morgan fingerprint density at radius 3 is 2.10 bits per heavy atom. The number of nitrogens with zero attached hydrogens (tertiary/aromatic N) is 2. The Bertz CT molecular complexity index is 1630. The average molecular weight is 714 g/mol. The Labute approximate surface area is 294 Å². The second-order valence-electron chi connectivity index (χ2n) is 11.9. The first-order valence-corrected chi connectivity index (χ1v) is 16.5. The number of carboxylic acid groups (broad SMARTS) is 1. The molecule has 3 N–H and O–H groups in total. The molecule has 4 rings (SSSR count). The maximum atomic E-state index is 13.2. The zero-order chi connectivity index (χ0) is 35.5. The van der Waals surface area contributed by atoms with Crippen LogP contribution < -0.4 is 20.1 Å². The highest BCUT2D eigenvalue weighted by Crippen LogP contribution is 2.27. The number of carbonyl (C=O) groups is 5. The summed E-state index contributed by atoms with van der Waals surface area (Å²) in [6, 6.07) is 17.5. The van der Waals surface area contributed by atoms with Gasteiger partial charge in [0.25, 0.3) is 11.8 Å². The predicted octanol–water partition coefficient (Wildman–Crippen LogP) is 4.67. The minimum absolute atomic E-state index is 0.00173. The zero-order valence-corrected chi connectivity index (χ0v) is 28.6. The highest BCUT2D eigenvalue weighted by molar-refractivity contribution is 6.35. The predicted molar refractivity (Wildman–Crippen MR) is 183 cm³/mol. The molecule has 0 aliphatic carbocycles. The van der Waals surface area contributed by atoms with E-state index in [0.717, 1.165) is 0 Å². The van der Waals surface area contributed by atoms with Gasteiger partial charge in [-0.3, -0.25) is 14.4 Å². The largest absolute Gasteiger partial charge is 0.482 e. The summed E-state index contributed by atoms with van der Waals surface area (Å²) in [6.07, 6.45) is -0.368. The molecule has 1 heterocycles. The fourth-order valence-electron chi connectivity index (χ4n) is 5.10. The summed E-state index contributed by atoms with van der Waals surface area (Å²) in [7, 11) is 0. The molecule has 0 spiro atoms. The van der Waals surface area contributed by atoms with E-state index in [9.17, 15) is 29.1 Å². The van der Waals surface area contributed by atoms with Gasteiger partial charge in [0.05, 0.1) is 5.02 Å². The molecule has 0 bridgehead atoms. The van der Waals surface area contributed by atoms with Gasteiger partial charge in [-0.2, -0.15) is 0 Å². The van der Waals surface area contributed by atoms with Gasteiger partial charge >= 0.3 is 12.1 Å². The lowest BCUT2D eigenvalue weighted by molar-refractivity contribution is -0.142. The van der Waals surface area contributed by atoms with E-state index in [0.29, 0.717) is 42.3 Å². The van der Waals surface area contributed by atoms with Crippen LogP contribution in [0.1, 0.15) is 36.2 Å². The standard InChI is InChI=1S/C35H38Cl2N4O8/c1-22(2)18-28(38-31(42)21-48-30-13-10-25(36)20-27(30)37)32(43)39-29(34(45)46)19-23-8-11-26(12-9-23)49-35(47)41-16-14-40(15-17-41)33(44)24-6-4-3-5-7-24/h3-13,20,22,28-29H,14-19,21H2,1-2H3,(H,38,42)(H,39,43)(H,45,46)/t28-,29-/m0/s1. The van der Waals surface area contributed by atoms with Crippen molar-refractivity contribution in [1.82, 2.24) is 20.4 Å². The number of carboxylic acids is 1. The number of amides is 4. The molecular weight excluding hydrogens is 675 g/mol. The Morgan fingerprint density at radius 1 is 0.837 bits per heavy atom. The van der Waals surface area contributed by atoms with Crippen LogP contribution in [-0.4, -0.2) is 89.6 Å². The van der Waals surface area contributed by atoms with Gasteiger partial charge in [0.15, 0.2) is 6.61 Å². The van der Waals surface area contributed by atoms with Crippen LogP contribution in [0.3, 0.4) is 0 Å². The Balaban J connectivity index is 1.28. The third-order valence-corrected chi connectivity index (χ3v) is 8.17. The van der Waals surface area contributed by atoms with Gasteiger partial charge in [-0.05, 0) is 60.4 Å². The van der Waals surface area contributed by atoms with Crippen LogP contribution in [0.2, 0.25) is 10.0 Å². The monoisotopic (exact) mass is 712 g/mol. The van der Waals surface area contributed by atoms with Crippen molar-refractivity contribution >= 4 is 53.0 Å². The molecule has 14 heteroatoms. The molecule has 4 amide bonds. The van der Waals surface area contributed by atoms with E-state index in [-0.39, 0.29) is 41.2 Å². The smallest absolute Gasteiger partial charge is 0.415 e. The quantitative estimate of drug-likeness (QED) is 0.231. The molecule has 12 nitrogen and oxygen atoms in total. The third-order valence-electron chi connectivity index (χ3n) is 7.64. The molecule has 3 aromatic carbocycles. The number of rotatable bonds is 13. The van der Waals surface area contributed by atoms with Gasteiger partial charge in [0.2, 0.25) is 5.91 Å². The van der Waals surface area contributed by atoms with E-state index < -0.39 is 42.6 Å². The van der Waals surface area contributed by atoms with Crippen LogP contribution in [0.4, 0.5) is 4.79 Å². The van der Waals surface area contributed by atoms with E-state index in [4.69, 9.17) is 32.7 Å². The number of nitrogens with one attached hydrogen (secondary N) is 2. The number of halogens is 2. The van der Waals surface area contributed by atoms with Gasteiger partial charge in [0.1, 0.15) is 23.6 Å². The highest BCUT2D eigenvalue weighted by atomic mass is 35.5. The number of piperazine rings is 1. The fraction of sp³-hybridized carbons (Fsp3) is 0.343. The summed E-state index contributed by atoms with van der Waals surface area (Å²) >= 11 is 12.0. The first-order chi connectivity index (χ1) is 23.4. The van der Waals surface area contributed by atoms with Crippen molar-refractivity contribution < 1.29 is 38.6 Å². The zero-order valence-electron chi connectivity index (χ0n) is 27.1. The second kappa shape index (κ2) is 17.5. The lowest BCUT2D eigenvalue weighted by Crippen LogP contribution is -2.53. The van der Waals surface area contributed by atoms with Gasteiger partial charge in [-0.25, -0.2) is 9.59 Å². The lowest BCUT2D eigenvalue weighted by atomic mass is 10.0. The van der Waals surface area contributed by atoms with E-state index in [1.165, 1.54) is 29.2 Å². The maximum Gasteiger partial charge on any atom is 0.415 e. The number of benzene rings is 3. The molecule has 2 atom stereocenters. The normalized spacial score (nSPS) is 14.1. The van der Waals surface area contributed by atoms with E-state index in [1.807, 2.05) is 19.9 Å². The third kappa shape index (κ3) is 11.1. The van der Waals surface area contributed by atoms with E-state index >= 15 is 0 Å². The van der Waals surface area contributed by atoms with Gasteiger partial charge in [-0.1, -0.05) is 67.4 Å². The molecule has 0 saturated carbocycles. The van der Waals surface area contributed by atoms with Gasteiger partial charge in [-0.15, -0.1) is 0 Å². The molecule has 1 fully saturated rings. The Kier molecular flexibility index (Phi) is 13.3. The minimum Gasteiger partial charge on any atom is -0.482 e. The summed E-state index contributed by atoms with van der Waals surface area (Å²) in [5.41, 5.74) is 1.16. The van der Waals surface area contributed by atoms with Crippen molar-refractivity contribution in [2.45, 2.75) is 38.8 Å². The van der Waals surface area contributed by atoms with Crippen molar-refractivity contribution in [2.24, 2.45) is 5.92 Å². The van der Waals surface area contributed by atoms with Crippen molar-refractivity contribution in [3.8, 4) is 11.5 Å². The molecule has 3 aromatic rings. The van der Waals surface area contributed by atoms with Gasteiger partial charge in [0, 0.05) is 43.2 Å². The molecule has 260 valence electrons. The molecular formula is C35H38Cl2N4O8. The number of hydrogen-bond donors (Lipinski definition) is 3. The number of hydrogen-bond acceptors (Lipinski definition) is 7. The molecule has 0 aromatic heterocycles. The fourth-order valence-corrected chi connectivity index (χ4v) is 5.56. The summed E-state index contributed by atoms with van der Waals surface area (Å²) in [6.45, 7) is 4.69. The summed E-state index contributed by atoms with van der Waals surface area (Å²) in [5, 5.41) is 15.6. The van der Waals surface area contributed by atoms with Gasteiger partial charge < -0.3 is 35.0 Å². The summed E-state index contributed by atoms with van der Waals surface area (Å²) in [4.78, 5) is 66.6. The summed E-state index contributed by atoms with van der Waals surface area (Å²) < 4.78 is 11.0. The van der Waals surface area contributed by atoms with Crippen LogP contribution >= 0.6 is 23.2 Å². The van der Waals surface area contributed by atoms with Crippen LogP contribution in [0, 0.1) is 5.92 Å². The maximum absolute atomic E-state index is 13.2. The van der Waals surface area contributed by atoms with Crippen LogP contribution in [0.5, 0.6) is 11.5 Å². The Hall–Kier alpha value is -4.81. The molecule has 1 aliphatic rings. The van der Waals surface area contributed by atoms with Crippen LogP contribution in [-0.2, 0) is 20.8 Å². The average Bonchev–Trinajstić information content (AvgIpc) is 3.08. The topological polar surface area (TPSA) is 155 Å². The molecule has 0 unspecified atom stereocenters. The van der Waals surface area contributed by atoms with Crippen molar-refractivity contribution in [3.63, 3.8) is 0 Å². The summed E-state index contributed by atoms with van der Waals surface area (Å²) in [5.74, 6) is -2.10. The second-order valence-corrected chi connectivity index (χ2v) is 12.7. The number of aliphatic carboxylic acids is 1. The highest BCUT2D eigenvalue weighted by Gasteiger charge is 2.29. The van der Waals surface area contributed by atoms with Crippen LogP contribution in [0.15, 0.2) is 72.8 Å². The van der Waals surface area contributed by atoms with Crippen molar-refractivity contribution in [3.05, 3.63) is 94.0 Å². The van der Waals surface area contributed by atoms with Crippen molar-refractivity contribution in [2.75, 3.05) is 32.8 Å². The van der Waals surface area contributed by atoms with E-state index in [2.05, 4.69) is 10.6 Å². The number of carbonyl (C=O) groups excluding carboxylic acids is 4. The Morgan fingerprint density at radius 2 is 1.49 bits per heavy atom. The molecule has 1 aliphatic heterocycles. The first-order valence-electron chi connectivity index (χ1n) is 15.7.